The van der Waals surface area contributed by atoms with Crippen molar-refractivity contribution in [2.75, 3.05) is 25.1 Å². The summed E-state index contributed by atoms with van der Waals surface area (Å²) in [5.41, 5.74) is 0.760. The molecule has 4 nitrogen and oxygen atoms in total. The Morgan fingerprint density at radius 2 is 2.00 bits per heavy atom. The fraction of sp³-hybridized carbons (Fsp3) is 0.500. The number of carbonyl (C=O) groups is 1. The molecule has 0 radical (unpaired) electrons. The molecular weight excluding hydrogens is 247 g/mol. The van der Waals surface area contributed by atoms with Gasteiger partial charge in [0.25, 0.3) is 0 Å². The van der Waals surface area contributed by atoms with Crippen LogP contribution in [-0.4, -0.2) is 48.2 Å². The molecule has 1 amide bonds. The van der Waals surface area contributed by atoms with Gasteiger partial charge in [-0.1, -0.05) is 0 Å². The van der Waals surface area contributed by atoms with Crippen molar-refractivity contribution in [1.29, 1.82) is 0 Å². The zero-order valence-electron chi connectivity index (χ0n) is 11.2. The molecule has 2 rings (SSSR count). The Bertz CT molecular complexity index is 449. The number of anilines is 1. The van der Waals surface area contributed by atoms with Gasteiger partial charge in [0.05, 0.1) is 6.61 Å². The van der Waals surface area contributed by atoms with Crippen molar-refractivity contribution in [3.63, 3.8) is 0 Å². The number of likely N-dealkylation sites (N-methyl/N-ethyl adjacent to an activating group) is 1. The number of amides is 1. The van der Waals surface area contributed by atoms with Crippen molar-refractivity contribution in [3.05, 3.63) is 30.1 Å². The summed E-state index contributed by atoms with van der Waals surface area (Å²) in [7, 11) is 1.75. The summed E-state index contributed by atoms with van der Waals surface area (Å²) in [5, 5.41) is 9.51. The first-order chi connectivity index (χ1) is 9.04. The molecule has 1 aliphatic heterocycles. The van der Waals surface area contributed by atoms with Crippen LogP contribution in [0.3, 0.4) is 0 Å². The van der Waals surface area contributed by atoms with Crippen LogP contribution in [0.25, 0.3) is 0 Å². The van der Waals surface area contributed by atoms with E-state index < -0.39 is 6.04 Å². The summed E-state index contributed by atoms with van der Waals surface area (Å²) in [5.74, 6) is -0.409. The van der Waals surface area contributed by atoms with Gasteiger partial charge in [0.15, 0.2) is 0 Å². The normalized spacial score (nSPS) is 24.5. The fourth-order valence-electron chi connectivity index (χ4n) is 2.38. The molecule has 1 fully saturated rings. The molecule has 0 aliphatic carbocycles. The number of hydrogen-bond donors (Lipinski definition) is 1. The van der Waals surface area contributed by atoms with Crippen molar-refractivity contribution < 1.29 is 14.3 Å². The van der Waals surface area contributed by atoms with Gasteiger partial charge >= 0.3 is 0 Å². The molecular formula is C14H19FN2O2. The molecule has 1 aromatic carbocycles. The summed E-state index contributed by atoms with van der Waals surface area (Å²) in [6, 6.07) is 5.55. The van der Waals surface area contributed by atoms with Gasteiger partial charge in [-0.25, -0.2) is 4.39 Å². The van der Waals surface area contributed by atoms with Gasteiger partial charge in [-0.3, -0.25) is 4.79 Å². The molecule has 2 unspecified atom stereocenters. The Kier molecular flexibility index (Phi) is 4.04. The fourth-order valence-corrected chi connectivity index (χ4v) is 2.38. The first-order valence-corrected chi connectivity index (χ1v) is 6.44. The van der Waals surface area contributed by atoms with Crippen molar-refractivity contribution in [3.8, 4) is 0 Å². The Hall–Kier alpha value is -1.62. The minimum absolute atomic E-state index is 0.100. The third-order valence-corrected chi connectivity index (χ3v) is 3.79. The monoisotopic (exact) mass is 266 g/mol. The maximum Gasteiger partial charge on any atom is 0.247 e. The van der Waals surface area contributed by atoms with E-state index in [0.717, 1.165) is 12.1 Å². The van der Waals surface area contributed by atoms with Crippen molar-refractivity contribution in [2.24, 2.45) is 0 Å². The Morgan fingerprint density at radius 1 is 1.37 bits per heavy atom. The van der Waals surface area contributed by atoms with Crippen LogP contribution in [-0.2, 0) is 4.79 Å². The molecule has 0 aromatic heterocycles. The smallest absolute Gasteiger partial charge is 0.247 e. The molecule has 1 saturated heterocycles. The number of halogens is 1. The predicted molar refractivity (Wildman–Crippen MR) is 71.5 cm³/mol. The van der Waals surface area contributed by atoms with Crippen molar-refractivity contribution in [2.45, 2.75) is 25.4 Å². The third-order valence-electron chi connectivity index (χ3n) is 3.79. The summed E-state index contributed by atoms with van der Waals surface area (Å²) in [4.78, 5) is 15.8. The van der Waals surface area contributed by atoms with Gasteiger partial charge in [0.2, 0.25) is 5.91 Å². The summed E-state index contributed by atoms with van der Waals surface area (Å²) in [6.45, 7) is 2.40. The van der Waals surface area contributed by atoms with Gasteiger partial charge < -0.3 is 14.9 Å². The zero-order valence-corrected chi connectivity index (χ0v) is 11.2. The van der Waals surface area contributed by atoms with E-state index >= 15 is 0 Å². The van der Waals surface area contributed by atoms with Gasteiger partial charge in [-0.2, -0.15) is 0 Å². The molecule has 0 spiro atoms. The summed E-state index contributed by atoms with van der Waals surface area (Å²) < 4.78 is 13.0. The SMILES string of the molecule is CC1CCN(c2ccc(F)cc2)C(CO)C(=O)N1C. The van der Waals surface area contributed by atoms with Crippen molar-refractivity contribution in [1.82, 2.24) is 4.90 Å². The van der Waals surface area contributed by atoms with E-state index in [-0.39, 0.29) is 24.4 Å². The summed E-state index contributed by atoms with van der Waals surface area (Å²) >= 11 is 0. The molecule has 104 valence electrons. The van der Waals surface area contributed by atoms with Gasteiger partial charge in [0.1, 0.15) is 11.9 Å². The first kappa shape index (κ1) is 13.8. The van der Waals surface area contributed by atoms with Crippen LogP contribution in [0.15, 0.2) is 24.3 Å². The first-order valence-electron chi connectivity index (χ1n) is 6.44. The molecule has 1 aromatic rings. The maximum atomic E-state index is 13.0. The second-order valence-electron chi connectivity index (χ2n) is 4.96. The summed E-state index contributed by atoms with van der Waals surface area (Å²) in [6.07, 6.45) is 0.816. The van der Waals surface area contributed by atoms with E-state index in [0.29, 0.717) is 6.54 Å². The van der Waals surface area contributed by atoms with Gasteiger partial charge in [-0.15, -0.1) is 0 Å². The van der Waals surface area contributed by atoms with Crippen LogP contribution < -0.4 is 4.90 Å². The largest absolute Gasteiger partial charge is 0.394 e. The van der Waals surface area contributed by atoms with Gasteiger partial charge in [0, 0.05) is 25.3 Å². The molecule has 5 heteroatoms. The van der Waals surface area contributed by atoms with E-state index in [9.17, 15) is 14.3 Å². The molecule has 1 N–H and O–H groups in total. The number of carbonyl (C=O) groups excluding carboxylic acids is 1. The number of aliphatic hydroxyl groups excluding tert-OH is 1. The second-order valence-corrected chi connectivity index (χ2v) is 4.96. The van der Waals surface area contributed by atoms with Crippen LogP contribution in [0.2, 0.25) is 0 Å². The Labute approximate surface area is 112 Å². The van der Waals surface area contributed by atoms with E-state index in [1.165, 1.54) is 12.1 Å². The quantitative estimate of drug-likeness (QED) is 0.876. The van der Waals surface area contributed by atoms with E-state index in [2.05, 4.69) is 0 Å². The molecule has 0 bridgehead atoms. The number of aliphatic hydroxyl groups is 1. The molecule has 2 atom stereocenters. The molecule has 1 heterocycles. The average Bonchev–Trinajstić information content (AvgIpc) is 2.52. The van der Waals surface area contributed by atoms with Gasteiger partial charge in [-0.05, 0) is 37.6 Å². The highest BCUT2D eigenvalue weighted by atomic mass is 19.1. The highest BCUT2D eigenvalue weighted by Crippen LogP contribution is 2.23. The topological polar surface area (TPSA) is 43.8 Å². The van der Waals surface area contributed by atoms with Crippen LogP contribution in [0.5, 0.6) is 0 Å². The molecule has 0 saturated carbocycles. The Morgan fingerprint density at radius 3 is 2.58 bits per heavy atom. The average molecular weight is 266 g/mol. The Balaban J connectivity index is 2.32. The highest BCUT2D eigenvalue weighted by Gasteiger charge is 2.33. The second kappa shape index (κ2) is 5.57. The predicted octanol–water partition coefficient (Wildman–Crippen LogP) is 1.24. The number of hydrogen-bond acceptors (Lipinski definition) is 3. The number of nitrogens with zero attached hydrogens (tertiary/aromatic N) is 2. The lowest BCUT2D eigenvalue weighted by Gasteiger charge is -2.30. The van der Waals surface area contributed by atoms with Crippen LogP contribution in [0, 0.1) is 5.82 Å². The van der Waals surface area contributed by atoms with Crippen LogP contribution in [0.4, 0.5) is 10.1 Å². The van der Waals surface area contributed by atoms with E-state index in [1.54, 1.807) is 24.1 Å². The van der Waals surface area contributed by atoms with Crippen LogP contribution in [0.1, 0.15) is 13.3 Å². The van der Waals surface area contributed by atoms with Crippen molar-refractivity contribution >= 4 is 11.6 Å². The molecule has 19 heavy (non-hydrogen) atoms. The standard InChI is InChI=1S/C14H19FN2O2/c1-10-7-8-17(12-5-3-11(15)4-6-12)13(9-18)14(19)16(10)2/h3-6,10,13,18H,7-9H2,1-2H3. The third kappa shape index (κ3) is 2.71. The minimum Gasteiger partial charge on any atom is -0.394 e. The lowest BCUT2D eigenvalue weighted by molar-refractivity contribution is -0.133. The zero-order chi connectivity index (χ0) is 14.0. The van der Waals surface area contributed by atoms with E-state index in [4.69, 9.17) is 0 Å². The number of rotatable bonds is 2. The maximum absolute atomic E-state index is 13.0. The lowest BCUT2D eigenvalue weighted by Crippen LogP contribution is -2.48. The lowest BCUT2D eigenvalue weighted by atomic mass is 10.2. The number of benzene rings is 1. The van der Waals surface area contributed by atoms with Crippen LogP contribution >= 0.6 is 0 Å². The minimum atomic E-state index is -0.597. The molecule has 1 aliphatic rings. The van der Waals surface area contributed by atoms with E-state index in [1.807, 2.05) is 11.8 Å². The highest BCUT2D eigenvalue weighted by molar-refractivity contribution is 5.86.